The SMILES string of the molecule is CC[C@H]1CC[C@H](C2=CCC(c3cc(F)c(F)c(F)c3)C=C2)CC1. The molecule has 1 fully saturated rings. The first-order valence-electron chi connectivity index (χ1n) is 8.61. The zero-order chi connectivity index (χ0) is 16.4. The molecule has 2 aliphatic rings. The van der Waals surface area contributed by atoms with Crippen molar-refractivity contribution in [3.8, 4) is 0 Å². The van der Waals surface area contributed by atoms with Gasteiger partial charge in [-0.3, -0.25) is 0 Å². The van der Waals surface area contributed by atoms with Crippen molar-refractivity contribution in [2.24, 2.45) is 11.8 Å². The molecule has 1 saturated carbocycles. The van der Waals surface area contributed by atoms with E-state index in [1.165, 1.54) is 37.7 Å². The van der Waals surface area contributed by atoms with Gasteiger partial charge in [-0.25, -0.2) is 13.2 Å². The molecule has 1 aromatic carbocycles. The van der Waals surface area contributed by atoms with Gasteiger partial charge in [0.2, 0.25) is 0 Å². The van der Waals surface area contributed by atoms with E-state index in [0.717, 1.165) is 24.5 Å². The van der Waals surface area contributed by atoms with Crippen molar-refractivity contribution < 1.29 is 13.2 Å². The number of rotatable bonds is 3. The smallest absolute Gasteiger partial charge is 0.194 e. The number of halogens is 3. The minimum Gasteiger partial charge on any atom is -0.204 e. The van der Waals surface area contributed by atoms with Crippen molar-refractivity contribution in [1.29, 1.82) is 0 Å². The molecule has 0 nitrogen and oxygen atoms in total. The molecule has 2 aliphatic carbocycles. The van der Waals surface area contributed by atoms with Gasteiger partial charge in [0, 0.05) is 5.92 Å². The van der Waals surface area contributed by atoms with E-state index in [-0.39, 0.29) is 5.92 Å². The minimum atomic E-state index is -1.39. The third-order valence-electron chi connectivity index (χ3n) is 5.46. The lowest BCUT2D eigenvalue weighted by Crippen LogP contribution is -2.16. The molecule has 0 heterocycles. The standard InChI is InChI=1S/C20H23F3/c1-2-13-3-5-14(6-4-13)15-7-9-16(10-8-15)17-11-18(21)20(23)19(22)12-17/h7-9,11-14,16H,2-6,10H2,1H3/t13-,14-,16?. The molecule has 3 rings (SSSR count). The van der Waals surface area contributed by atoms with E-state index in [0.29, 0.717) is 11.5 Å². The molecule has 124 valence electrons. The summed E-state index contributed by atoms with van der Waals surface area (Å²) in [6, 6.07) is 2.22. The van der Waals surface area contributed by atoms with Gasteiger partial charge >= 0.3 is 0 Å². The van der Waals surface area contributed by atoms with Crippen LogP contribution in [0.4, 0.5) is 13.2 Å². The van der Waals surface area contributed by atoms with E-state index in [2.05, 4.69) is 19.1 Å². The summed E-state index contributed by atoms with van der Waals surface area (Å²) in [6.45, 7) is 2.26. The first-order chi connectivity index (χ1) is 11.1. The molecule has 1 atom stereocenters. The first kappa shape index (κ1) is 16.4. The summed E-state index contributed by atoms with van der Waals surface area (Å²) in [6.07, 6.45) is 13.4. The molecule has 0 radical (unpaired) electrons. The van der Waals surface area contributed by atoms with Crippen LogP contribution in [0.2, 0.25) is 0 Å². The molecule has 0 saturated heterocycles. The van der Waals surface area contributed by atoms with Gasteiger partial charge in [0.1, 0.15) is 0 Å². The molecule has 23 heavy (non-hydrogen) atoms. The average molecular weight is 320 g/mol. The Balaban J connectivity index is 1.66. The molecular formula is C20H23F3. The van der Waals surface area contributed by atoms with Gasteiger partial charge in [-0.1, -0.05) is 31.6 Å². The fourth-order valence-corrected chi connectivity index (χ4v) is 3.88. The fourth-order valence-electron chi connectivity index (χ4n) is 3.88. The largest absolute Gasteiger partial charge is 0.204 e. The monoisotopic (exact) mass is 320 g/mol. The Labute approximate surface area is 136 Å². The van der Waals surface area contributed by atoms with E-state index in [4.69, 9.17) is 0 Å². The number of allylic oxidation sites excluding steroid dienone is 4. The van der Waals surface area contributed by atoms with E-state index in [1.807, 2.05) is 6.08 Å². The van der Waals surface area contributed by atoms with Crippen LogP contribution in [-0.4, -0.2) is 0 Å². The Morgan fingerprint density at radius 2 is 1.65 bits per heavy atom. The lowest BCUT2D eigenvalue weighted by atomic mass is 9.75. The molecule has 0 spiro atoms. The highest BCUT2D eigenvalue weighted by Crippen LogP contribution is 2.38. The maximum atomic E-state index is 13.4. The molecule has 3 heteroatoms. The molecular weight excluding hydrogens is 297 g/mol. The highest BCUT2D eigenvalue weighted by atomic mass is 19.2. The van der Waals surface area contributed by atoms with Gasteiger partial charge in [-0.2, -0.15) is 0 Å². The third kappa shape index (κ3) is 3.54. The van der Waals surface area contributed by atoms with Crippen LogP contribution >= 0.6 is 0 Å². The highest BCUT2D eigenvalue weighted by Gasteiger charge is 2.24. The van der Waals surface area contributed by atoms with Gasteiger partial charge in [0.15, 0.2) is 17.5 Å². The zero-order valence-corrected chi connectivity index (χ0v) is 13.5. The maximum absolute atomic E-state index is 13.4. The molecule has 0 aromatic heterocycles. The van der Waals surface area contributed by atoms with Crippen LogP contribution in [0.25, 0.3) is 0 Å². The van der Waals surface area contributed by atoms with Crippen LogP contribution in [-0.2, 0) is 0 Å². The van der Waals surface area contributed by atoms with Gasteiger partial charge in [-0.15, -0.1) is 0 Å². The average Bonchev–Trinajstić information content (AvgIpc) is 2.59. The van der Waals surface area contributed by atoms with Crippen LogP contribution in [0.3, 0.4) is 0 Å². The second-order valence-electron chi connectivity index (χ2n) is 6.83. The molecule has 0 N–H and O–H groups in total. The normalized spacial score (nSPS) is 27.8. The topological polar surface area (TPSA) is 0 Å². The van der Waals surface area contributed by atoms with E-state index in [9.17, 15) is 13.2 Å². The number of hydrogen-bond acceptors (Lipinski definition) is 0. The molecule has 1 aromatic rings. The summed E-state index contributed by atoms with van der Waals surface area (Å²) in [4.78, 5) is 0. The minimum absolute atomic E-state index is 0.0738. The van der Waals surface area contributed by atoms with Crippen LogP contribution in [0.1, 0.15) is 56.9 Å². The lowest BCUT2D eigenvalue weighted by Gasteiger charge is -2.30. The number of benzene rings is 1. The van der Waals surface area contributed by atoms with Crippen LogP contribution in [0.15, 0.2) is 35.9 Å². The van der Waals surface area contributed by atoms with Crippen LogP contribution in [0, 0.1) is 29.3 Å². The second-order valence-corrected chi connectivity index (χ2v) is 6.83. The van der Waals surface area contributed by atoms with Crippen molar-refractivity contribution >= 4 is 0 Å². The molecule has 0 amide bonds. The zero-order valence-electron chi connectivity index (χ0n) is 13.5. The van der Waals surface area contributed by atoms with E-state index >= 15 is 0 Å². The Morgan fingerprint density at radius 3 is 2.17 bits per heavy atom. The quantitative estimate of drug-likeness (QED) is 0.574. The third-order valence-corrected chi connectivity index (χ3v) is 5.46. The Morgan fingerprint density at radius 1 is 1.00 bits per heavy atom. The lowest BCUT2D eigenvalue weighted by molar-refractivity contribution is 0.297. The van der Waals surface area contributed by atoms with Crippen molar-refractivity contribution in [2.75, 3.05) is 0 Å². The second kappa shape index (κ2) is 6.94. The Bertz CT molecular complexity index is 599. The van der Waals surface area contributed by atoms with E-state index in [1.54, 1.807) is 0 Å². The van der Waals surface area contributed by atoms with Gasteiger partial charge in [-0.05, 0) is 67.2 Å². The first-order valence-corrected chi connectivity index (χ1v) is 8.61. The fraction of sp³-hybridized carbons (Fsp3) is 0.500. The molecule has 1 unspecified atom stereocenters. The van der Waals surface area contributed by atoms with Gasteiger partial charge < -0.3 is 0 Å². The summed E-state index contributed by atoms with van der Waals surface area (Å²) < 4.78 is 39.8. The van der Waals surface area contributed by atoms with Crippen molar-refractivity contribution in [2.45, 2.75) is 51.4 Å². The maximum Gasteiger partial charge on any atom is 0.194 e. The van der Waals surface area contributed by atoms with Gasteiger partial charge in [0.05, 0.1) is 0 Å². The predicted octanol–water partition coefficient (Wildman–Crippen LogP) is 6.29. The number of hydrogen-bond donors (Lipinski definition) is 0. The summed E-state index contributed by atoms with van der Waals surface area (Å²) >= 11 is 0. The summed E-state index contributed by atoms with van der Waals surface area (Å²) in [5, 5.41) is 0. The summed E-state index contributed by atoms with van der Waals surface area (Å²) in [5.41, 5.74) is 1.86. The Hall–Kier alpha value is -1.51. The van der Waals surface area contributed by atoms with Gasteiger partial charge in [0.25, 0.3) is 0 Å². The summed E-state index contributed by atoms with van der Waals surface area (Å²) in [5.74, 6) is -2.19. The van der Waals surface area contributed by atoms with Crippen LogP contribution in [0.5, 0.6) is 0 Å². The van der Waals surface area contributed by atoms with Crippen LogP contribution < -0.4 is 0 Å². The molecule has 0 bridgehead atoms. The van der Waals surface area contributed by atoms with Crippen molar-refractivity contribution in [3.63, 3.8) is 0 Å². The Kier molecular flexibility index (Phi) is 4.93. The molecule has 0 aliphatic heterocycles. The summed E-state index contributed by atoms with van der Waals surface area (Å²) in [7, 11) is 0. The van der Waals surface area contributed by atoms with Crippen molar-refractivity contribution in [1.82, 2.24) is 0 Å². The van der Waals surface area contributed by atoms with E-state index < -0.39 is 17.5 Å². The highest BCUT2D eigenvalue weighted by molar-refractivity contribution is 5.35. The van der Waals surface area contributed by atoms with Crippen molar-refractivity contribution in [3.05, 3.63) is 58.9 Å². The predicted molar refractivity (Wildman–Crippen MR) is 86.6 cm³/mol.